The molecule has 2 heterocycles. The van der Waals surface area contributed by atoms with Crippen LogP contribution in [-0.4, -0.2) is 25.6 Å². The summed E-state index contributed by atoms with van der Waals surface area (Å²) in [6.07, 6.45) is 1.81. The first-order chi connectivity index (χ1) is 9.22. The zero-order valence-corrected chi connectivity index (χ0v) is 10.6. The topological polar surface area (TPSA) is 87.3 Å². The van der Waals surface area contributed by atoms with Gasteiger partial charge in [-0.1, -0.05) is 24.8 Å². The Kier molecular flexibility index (Phi) is 2.81. The van der Waals surface area contributed by atoms with Crippen molar-refractivity contribution in [3.63, 3.8) is 0 Å². The fourth-order valence-electron chi connectivity index (χ4n) is 1.69. The molecule has 0 amide bonds. The van der Waals surface area contributed by atoms with Crippen molar-refractivity contribution in [2.45, 2.75) is 0 Å². The molecule has 94 valence electrons. The molecule has 19 heavy (non-hydrogen) atoms. The monoisotopic (exact) mass is 271 g/mol. The minimum absolute atomic E-state index is 0.125. The van der Waals surface area contributed by atoms with Gasteiger partial charge in [-0.15, -0.1) is 21.5 Å². The van der Waals surface area contributed by atoms with Crippen LogP contribution >= 0.6 is 11.3 Å². The highest BCUT2D eigenvalue weighted by molar-refractivity contribution is 7.07. The van der Waals surface area contributed by atoms with Gasteiger partial charge in [-0.05, 0) is 22.9 Å². The predicted octanol–water partition coefficient (Wildman–Crippen LogP) is -0.144. The summed E-state index contributed by atoms with van der Waals surface area (Å²) in [4.78, 5) is 14.3. The van der Waals surface area contributed by atoms with E-state index in [1.807, 2.05) is 30.3 Å². The van der Waals surface area contributed by atoms with Crippen molar-refractivity contribution in [1.82, 2.24) is 25.6 Å². The van der Waals surface area contributed by atoms with Gasteiger partial charge in [0.05, 0.1) is 9.20 Å². The Bertz CT molecular complexity index is 862. The lowest BCUT2D eigenvalue weighted by molar-refractivity contribution is 0.881. The Morgan fingerprint density at radius 3 is 2.95 bits per heavy atom. The van der Waals surface area contributed by atoms with Crippen molar-refractivity contribution < 1.29 is 0 Å². The molecule has 0 unspecified atom stereocenters. The lowest BCUT2D eigenvalue weighted by Gasteiger charge is -1.96. The Morgan fingerprint density at radius 2 is 2.26 bits per heavy atom. The number of H-pyrrole nitrogens is 2. The second-order valence-electron chi connectivity index (χ2n) is 3.85. The van der Waals surface area contributed by atoms with Gasteiger partial charge in [0.25, 0.3) is 5.56 Å². The molecule has 0 aliphatic rings. The third-order valence-electron chi connectivity index (χ3n) is 2.50. The van der Waals surface area contributed by atoms with E-state index in [2.05, 4.69) is 32.2 Å². The number of rotatable bonds is 2. The molecule has 3 rings (SSSR count). The van der Waals surface area contributed by atoms with Crippen molar-refractivity contribution >= 4 is 24.0 Å². The summed E-state index contributed by atoms with van der Waals surface area (Å²) in [5.41, 5.74) is 1.61. The zero-order valence-electron chi connectivity index (χ0n) is 9.75. The van der Waals surface area contributed by atoms with Crippen LogP contribution in [0.3, 0.4) is 0 Å². The summed E-state index contributed by atoms with van der Waals surface area (Å²) in [5.74, 6) is 0.521. The van der Waals surface area contributed by atoms with Gasteiger partial charge in [0.2, 0.25) is 5.82 Å². The number of nitrogens with zero attached hydrogens (tertiary/aromatic N) is 3. The van der Waals surface area contributed by atoms with Crippen molar-refractivity contribution in [1.29, 1.82) is 0 Å². The molecule has 0 aliphatic heterocycles. The summed E-state index contributed by atoms with van der Waals surface area (Å²) in [6.45, 7) is 3.71. The Hall–Kier alpha value is -2.54. The minimum atomic E-state index is -0.125. The van der Waals surface area contributed by atoms with Gasteiger partial charge in [0.15, 0.2) is 0 Å². The molecular formula is C12H9N5OS. The average molecular weight is 271 g/mol. The summed E-state index contributed by atoms with van der Waals surface area (Å²) < 4.78 is 1.26. The van der Waals surface area contributed by atoms with Crippen molar-refractivity contribution in [2.75, 3.05) is 0 Å². The van der Waals surface area contributed by atoms with E-state index >= 15 is 0 Å². The first-order valence-electron chi connectivity index (χ1n) is 5.46. The lowest BCUT2D eigenvalue weighted by Crippen LogP contribution is -2.19. The zero-order chi connectivity index (χ0) is 13.2. The van der Waals surface area contributed by atoms with E-state index in [0.29, 0.717) is 15.0 Å². The van der Waals surface area contributed by atoms with Crippen LogP contribution in [0.15, 0.2) is 29.1 Å². The quantitative estimate of drug-likeness (QED) is 0.679. The highest BCUT2D eigenvalue weighted by Crippen LogP contribution is 2.15. The molecule has 0 saturated heterocycles. The molecule has 0 bridgehead atoms. The Labute approximate surface area is 111 Å². The maximum atomic E-state index is 11.6. The number of hydrogen-bond donors (Lipinski definition) is 2. The number of hydrogen-bond acceptors (Lipinski definition) is 5. The molecule has 2 N–H and O–H groups in total. The first-order valence-corrected chi connectivity index (χ1v) is 6.28. The second-order valence-corrected chi connectivity index (χ2v) is 4.99. The van der Waals surface area contributed by atoms with E-state index in [-0.39, 0.29) is 5.56 Å². The molecule has 0 atom stereocenters. The standard InChI is InChI=1S/C12H9N5OS/c1-7-13-12(18)10(19-7)6-8-3-2-4-9(5-8)11-14-16-17-15-11/h2-6H,1H2,(H,13,18)(H,14,15,16,17)/b10-6-. The molecule has 0 radical (unpaired) electrons. The van der Waals surface area contributed by atoms with Crippen LogP contribution < -0.4 is 14.8 Å². The minimum Gasteiger partial charge on any atom is -0.313 e. The molecule has 7 heteroatoms. The number of benzene rings is 1. The predicted molar refractivity (Wildman–Crippen MR) is 72.9 cm³/mol. The molecular weight excluding hydrogens is 262 g/mol. The van der Waals surface area contributed by atoms with Crippen LogP contribution in [-0.2, 0) is 0 Å². The van der Waals surface area contributed by atoms with Crippen LogP contribution in [0.2, 0.25) is 0 Å². The molecule has 6 nitrogen and oxygen atoms in total. The van der Waals surface area contributed by atoms with E-state index in [1.54, 1.807) is 0 Å². The van der Waals surface area contributed by atoms with Crippen LogP contribution in [0.25, 0.3) is 24.0 Å². The fraction of sp³-hybridized carbons (Fsp3) is 0. The van der Waals surface area contributed by atoms with E-state index in [4.69, 9.17) is 0 Å². The summed E-state index contributed by atoms with van der Waals surface area (Å²) >= 11 is 1.33. The Morgan fingerprint density at radius 1 is 1.37 bits per heavy atom. The molecule has 0 saturated carbocycles. The number of aromatic amines is 2. The van der Waals surface area contributed by atoms with E-state index in [1.165, 1.54) is 11.3 Å². The van der Waals surface area contributed by atoms with Crippen LogP contribution in [0.4, 0.5) is 0 Å². The Balaban J connectivity index is 2.10. The van der Waals surface area contributed by atoms with Crippen LogP contribution in [0.1, 0.15) is 5.56 Å². The number of aromatic nitrogens is 5. The van der Waals surface area contributed by atoms with Crippen molar-refractivity contribution in [3.05, 3.63) is 49.4 Å². The van der Waals surface area contributed by atoms with E-state index in [9.17, 15) is 4.79 Å². The summed E-state index contributed by atoms with van der Waals surface area (Å²) in [5, 5.41) is 13.8. The van der Waals surface area contributed by atoms with Gasteiger partial charge >= 0.3 is 0 Å². The smallest absolute Gasteiger partial charge is 0.266 e. The first kappa shape index (κ1) is 11.5. The van der Waals surface area contributed by atoms with E-state index in [0.717, 1.165) is 11.1 Å². The van der Waals surface area contributed by atoms with Gasteiger partial charge in [-0.2, -0.15) is 5.21 Å². The third-order valence-corrected chi connectivity index (χ3v) is 3.37. The number of thiazole rings is 1. The fourth-order valence-corrected chi connectivity index (χ4v) is 2.44. The summed E-state index contributed by atoms with van der Waals surface area (Å²) in [7, 11) is 0. The highest BCUT2D eigenvalue weighted by Gasteiger charge is 2.02. The van der Waals surface area contributed by atoms with Crippen molar-refractivity contribution in [2.24, 2.45) is 0 Å². The average Bonchev–Trinajstić information content (AvgIpc) is 3.01. The van der Waals surface area contributed by atoms with Gasteiger partial charge in [-0.25, -0.2) is 0 Å². The molecule has 0 fully saturated rings. The summed E-state index contributed by atoms with van der Waals surface area (Å²) in [6, 6.07) is 7.57. The molecule has 2 aromatic heterocycles. The van der Waals surface area contributed by atoms with Gasteiger partial charge in [0, 0.05) is 5.56 Å². The second kappa shape index (κ2) is 4.62. The molecule has 1 aromatic carbocycles. The van der Waals surface area contributed by atoms with Crippen molar-refractivity contribution in [3.8, 4) is 11.4 Å². The highest BCUT2D eigenvalue weighted by atomic mass is 32.1. The van der Waals surface area contributed by atoms with Crippen LogP contribution in [0.5, 0.6) is 0 Å². The number of tetrazole rings is 1. The maximum Gasteiger partial charge on any atom is 0.266 e. The molecule has 0 spiro atoms. The normalized spacial score (nSPS) is 11.9. The largest absolute Gasteiger partial charge is 0.313 e. The SMILES string of the molecule is C=c1[nH]c(=O)/c(=C/c2cccc(-c3nn[nH]n3)c2)s1. The van der Waals surface area contributed by atoms with Crippen LogP contribution in [0, 0.1) is 0 Å². The number of nitrogens with one attached hydrogen (secondary N) is 2. The van der Waals surface area contributed by atoms with Gasteiger partial charge in [0.1, 0.15) is 0 Å². The lowest BCUT2D eigenvalue weighted by atomic mass is 10.1. The third kappa shape index (κ3) is 2.36. The van der Waals surface area contributed by atoms with Gasteiger partial charge in [-0.3, -0.25) is 4.79 Å². The molecule has 3 aromatic rings. The van der Waals surface area contributed by atoms with E-state index < -0.39 is 0 Å². The van der Waals surface area contributed by atoms with Gasteiger partial charge < -0.3 is 4.98 Å². The maximum absolute atomic E-state index is 11.6. The molecule has 0 aliphatic carbocycles.